The van der Waals surface area contributed by atoms with Gasteiger partial charge in [0.15, 0.2) is 5.69 Å². The fourth-order valence-corrected chi connectivity index (χ4v) is 3.23. The lowest BCUT2D eigenvalue weighted by Crippen LogP contribution is -2.34. The van der Waals surface area contributed by atoms with E-state index in [1.165, 1.54) is 0 Å². The van der Waals surface area contributed by atoms with E-state index < -0.39 is 0 Å². The maximum Gasteiger partial charge on any atom is 0.276 e. The van der Waals surface area contributed by atoms with E-state index in [0.29, 0.717) is 11.6 Å². The minimum absolute atomic E-state index is 0.00562. The smallest absolute Gasteiger partial charge is 0.276 e. The van der Waals surface area contributed by atoms with Gasteiger partial charge in [-0.2, -0.15) is 0 Å². The van der Waals surface area contributed by atoms with Crippen molar-refractivity contribution in [2.24, 2.45) is 0 Å². The van der Waals surface area contributed by atoms with Crippen LogP contribution in [-0.2, 0) is 0 Å². The van der Waals surface area contributed by atoms with Gasteiger partial charge < -0.3 is 13.8 Å². The van der Waals surface area contributed by atoms with Crippen molar-refractivity contribution in [3.05, 3.63) is 41.7 Å². The summed E-state index contributed by atoms with van der Waals surface area (Å²) in [4.78, 5) is 14.8. The predicted molar refractivity (Wildman–Crippen MR) is 79.4 cm³/mol. The van der Waals surface area contributed by atoms with Gasteiger partial charge in [0.2, 0.25) is 0 Å². The topological polar surface area (TPSA) is 59.5 Å². The fraction of sp³-hybridized carbons (Fsp3) is 0.529. The number of amides is 1. The molecule has 2 aliphatic rings. The molecule has 2 aromatic heterocycles. The summed E-state index contributed by atoms with van der Waals surface area (Å²) >= 11 is 0. The number of carbonyl (C=O) groups excluding carboxylic acids is 1. The third-order valence-electron chi connectivity index (χ3n) is 4.61. The van der Waals surface area contributed by atoms with Crippen molar-refractivity contribution < 1.29 is 13.7 Å². The lowest BCUT2D eigenvalue weighted by atomic mass is 10.1. The molecule has 1 saturated carbocycles. The summed E-state index contributed by atoms with van der Waals surface area (Å²) in [6, 6.07) is 5.66. The molecule has 2 aromatic rings. The Labute approximate surface area is 129 Å². The highest BCUT2D eigenvalue weighted by molar-refractivity contribution is 5.92. The summed E-state index contributed by atoms with van der Waals surface area (Å²) in [5.74, 6) is 2.15. The molecule has 1 amide bonds. The second-order valence-corrected chi connectivity index (χ2v) is 6.27. The zero-order valence-electron chi connectivity index (χ0n) is 12.5. The van der Waals surface area contributed by atoms with Gasteiger partial charge in [-0.05, 0) is 37.8 Å². The van der Waals surface area contributed by atoms with Crippen molar-refractivity contribution in [3.8, 4) is 0 Å². The molecular formula is C17H20N2O3. The highest BCUT2D eigenvalue weighted by atomic mass is 16.5. The van der Waals surface area contributed by atoms with Crippen LogP contribution in [-0.4, -0.2) is 22.5 Å². The average molecular weight is 300 g/mol. The van der Waals surface area contributed by atoms with Gasteiger partial charge in [-0.25, -0.2) is 0 Å². The molecular weight excluding hydrogens is 280 g/mol. The Kier molecular flexibility index (Phi) is 3.48. The molecule has 4 rings (SSSR count). The third-order valence-corrected chi connectivity index (χ3v) is 4.61. The Morgan fingerprint density at radius 3 is 2.86 bits per heavy atom. The van der Waals surface area contributed by atoms with Gasteiger partial charge in [-0.3, -0.25) is 4.79 Å². The number of rotatable bonds is 3. The van der Waals surface area contributed by atoms with Gasteiger partial charge in [0.05, 0.1) is 12.3 Å². The van der Waals surface area contributed by atoms with E-state index in [2.05, 4.69) is 5.16 Å². The molecule has 0 bridgehead atoms. The standard InChI is InChI=1S/C17H20N2O3/c20-17(13-11-16(22-18-13)12-7-8-12)19-9-3-1-2-5-14(19)15-6-4-10-21-15/h4,6,10-12,14H,1-3,5,7-9H2. The number of aromatic nitrogens is 1. The lowest BCUT2D eigenvalue weighted by molar-refractivity contribution is 0.0647. The Hall–Kier alpha value is -2.04. The molecule has 1 saturated heterocycles. The number of nitrogens with zero attached hydrogens (tertiary/aromatic N) is 2. The maximum absolute atomic E-state index is 12.9. The summed E-state index contributed by atoms with van der Waals surface area (Å²) in [6.07, 6.45) is 8.17. The number of carbonyl (C=O) groups is 1. The number of hydrogen-bond acceptors (Lipinski definition) is 4. The maximum atomic E-state index is 12.9. The molecule has 1 unspecified atom stereocenters. The lowest BCUT2D eigenvalue weighted by Gasteiger charge is -2.27. The highest BCUT2D eigenvalue weighted by Gasteiger charge is 2.33. The van der Waals surface area contributed by atoms with E-state index in [1.54, 1.807) is 6.26 Å². The van der Waals surface area contributed by atoms with Crippen molar-refractivity contribution in [1.29, 1.82) is 0 Å². The molecule has 0 radical (unpaired) electrons. The first-order valence-electron chi connectivity index (χ1n) is 8.14. The molecule has 5 nitrogen and oxygen atoms in total. The third kappa shape index (κ3) is 2.56. The van der Waals surface area contributed by atoms with Gasteiger partial charge in [-0.1, -0.05) is 18.0 Å². The summed E-state index contributed by atoms with van der Waals surface area (Å²) in [5.41, 5.74) is 0.431. The molecule has 1 aliphatic heterocycles. The minimum atomic E-state index is -0.0426. The molecule has 22 heavy (non-hydrogen) atoms. The second-order valence-electron chi connectivity index (χ2n) is 6.27. The Balaban J connectivity index is 1.59. The van der Waals surface area contributed by atoms with Gasteiger partial charge in [-0.15, -0.1) is 0 Å². The van der Waals surface area contributed by atoms with E-state index in [-0.39, 0.29) is 11.9 Å². The molecule has 2 fully saturated rings. The van der Waals surface area contributed by atoms with Crippen molar-refractivity contribution >= 4 is 5.91 Å². The molecule has 3 heterocycles. The van der Waals surface area contributed by atoms with Gasteiger partial charge in [0.25, 0.3) is 5.91 Å². The zero-order chi connectivity index (χ0) is 14.9. The van der Waals surface area contributed by atoms with Gasteiger partial charge >= 0.3 is 0 Å². The first-order chi connectivity index (χ1) is 10.8. The van der Waals surface area contributed by atoms with E-state index in [9.17, 15) is 4.79 Å². The number of likely N-dealkylation sites (tertiary alicyclic amines) is 1. The second kappa shape index (κ2) is 5.63. The van der Waals surface area contributed by atoms with Crippen molar-refractivity contribution in [3.63, 3.8) is 0 Å². The monoisotopic (exact) mass is 300 g/mol. The van der Waals surface area contributed by atoms with Gasteiger partial charge in [0.1, 0.15) is 11.5 Å². The molecule has 0 N–H and O–H groups in total. The van der Waals surface area contributed by atoms with Crippen LogP contribution in [0.3, 0.4) is 0 Å². The van der Waals surface area contributed by atoms with Gasteiger partial charge in [0, 0.05) is 18.5 Å². The van der Waals surface area contributed by atoms with Crippen molar-refractivity contribution in [2.75, 3.05) is 6.54 Å². The normalized spacial score (nSPS) is 22.5. The first kappa shape index (κ1) is 13.6. The van der Waals surface area contributed by atoms with Crippen LogP contribution >= 0.6 is 0 Å². The Bertz CT molecular complexity index is 643. The number of hydrogen-bond donors (Lipinski definition) is 0. The summed E-state index contributed by atoms with van der Waals surface area (Å²) < 4.78 is 10.9. The predicted octanol–water partition coefficient (Wildman–Crippen LogP) is 3.90. The van der Waals surface area contributed by atoms with Crippen molar-refractivity contribution in [2.45, 2.75) is 50.5 Å². The van der Waals surface area contributed by atoms with Crippen LogP contribution in [0.2, 0.25) is 0 Å². The zero-order valence-corrected chi connectivity index (χ0v) is 12.5. The van der Waals surface area contributed by atoms with Crippen LogP contribution < -0.4 is 0 Å². The highest BCUT2D eigenvalue weighted by Crippen LogP contribution is 2.40. The molecule has 1 atom stereocenters. The average Bonchev–Trinajstić information content (AvgIpc) is 3.11. The fourth-order valence-electron chi connectivity index (χ4n) is 3.23. The van der Waals surface area contributed by atoms with E-state index >= 15 is 0 Å². The van der Waals surface area contributed by atoms with Crippen LogP contribution in [0.4, 0.5) is 0 Å². The Morgan fingerprint density at radius 1 is 1.18 bits per heavy atom. The quantitative estimate of drug-likeness (QED) is 0.862. The van der Waals surface area contributed by atoms with Crippen LogP contribution in [0.25, 0.3) is 0 Å². The van der Waals surface area contributed by atoms with E-state index in [1.807, 2.05) is 23.1 Å². The summed E-state index contributed by atoms with van der Waals surface area (Å²) in [6.45, 7) is 0.746. The van der Waals surface area contributed by atoms with Crippen molar-refractivity contribution in [1.82, 2.24) is 10.1 Å². The van der Waals surface area contributed by atoms with E-state index in [4.69, 9.17) is 8.94 Å². The molecule has 116 valence electrons. The van der Waals surface area contributed by atoms with E-state index in [0.717, 1.165) is 56.6 Å². The largest absolute Gasteiger partial charge is 0.467 e. The molecule has 0 aromatic carbocycles. The minimum Gasteiger partial charge on any atom is -0.467 e. The molecule has 0 spiro atoms. The molecule has 1 aliphatic carbocycles. The van der Waals surface area contributed by atoms with Crippen LogP contribution in [0.5, 0.6) is 0 Å². The first-order valence-corrected chi connectivity index (χ1v) is 8.14. The molecule has 5 heteroatoms. The number of furan rings is 1. The SMILES string of the molecule is O=C(c1cc(C2CC2)on1)N1CCCCCC1c1ccco1. The Morgan fingerprint density at radius 2 is 2.09 bits per heavy atom. The van der Waals surface area contributed by atoms with Crippen LogP contribution in [0.1, 0.15) is 72.5 Å². The summed E-state index contributed by atoms with van der Waals surface area (Å²) in [7, 11) is 0. The van der Waals surface area contributed by atoms with Crippen LogP contribution in [0.15, 0.2) is 33.4 Å². The summed E-state index contributed by atoms with van der Waals surface area (Å²) in [5, 5.41) is 4.00. The van der Waals surface area contributed by atoms with Crippen LogP contribution in [0, 0.1) is 0 Å².